The standard InChI is InChI=1S/C23H29NO4/c1-5-6-12-27-22-15-18(2)23(19(3)16-22)28-14-7-13-26-21-10-8-20(9-11-21)17-24-25-4/h5-6,8-11,15-17H,7,12-14H2,1-4H3/b6-5+,24-17+. The van der Waals surface area contributed by atoms with E-state index >= 15 is 0 Å². The summed E-state index contributed by atoms with van der Waals surface area (Å²) < 4.78 is 17.4. The van der Waals surface area contributed by atoms with Crippen molar-refractivity contribution in [3.8, 4) is 17.2 Å². The number of aryl methyl sites for hydroxylation is 2. The van der Waals surface area contributed by atoms with Gasteiger partial charge < -0.3 is 19.0 Å². The maximum Gasteiger partial charge on any atom is 0.125 e. The van der Waals surface area contributed by atoms with Crippen LogP contribution in [0.1, 0.15) is 30.0 Å². The molecule has 0 radical (unpaired) electrons. The molecule has 2 aromatic rings. The lowest BCUT2D eigenvalue weighted by Gasteiger charge is -2.14. The molecule has 150 valence electrons. The van der Waals surface area contributed by atoms with Crippen LogP contribution in [0.2, 0.25) is 0 Å². The number of oxime groups is 1. The molecule has 2 aromatic carbocycles. The molecular formula is C23H29NO4. The molecule has 0 bridgehead atoms. The highest BCUT2D eigenvalue weighted by atomic mass is 16.6. The highest BCUT2D eigenvalue weighted by Gasteiger charge is 2.07. The first kappa shape index (κ1) is 21.4. The highest BCUT2D eigenvalue weighted by Crippen LogP contribution is 2.28. The second-order valence-electron chi connectivity index (χ2n) is 6.30. The van der Waals surface area contributed by atoms with E-state index in [1.54, 1.807) is 6.21 Å². The van der Waals surface area contributed by atoms with Crippen LogP contribution in [0.25, 0.3) is 0 Å². The summed E-state index contributed by atoms with van der Waals surface area (Å²) in [7, 11) is 1.52. The fourth-order valence-corrected chi connectivity index (χ4v) is 2.65. The van der Waals surface area contributed by atoms with Crippen molar-refractivity contribution in [1.82, 2.24) is 0 Å². The molecule has 28 heavy (non-hydrogen) atoms. The molecule has 0 aromatic heterocycles. The van der Waals surface area contributed by atoms with Gasteiger partial charge in [0.15, 0.2) is 0 Å². The Hall–Kier alpha value is -2.95. The molecule has 0 N–H and O–H groups in total. The van der Waals surface area contributed by atoms with Crippen molar-refractivity contribution in [3.05, 3.63) is 65.2 Å². The summed E-state index contributed by atoms with van der Waals surface area (Å²) in [6.07, 6.45) is 6.41. The summed E-state index contributed by atoms with van der Waals surface area (Å²) in [4.78, 5) is 4.66. The molecule has 5 nitrogen and oxygen atoms in total. The van der Waals surface area contributed by atoms with Gasteiger partial charge in [0, 0.05) is 6.42 Å². The van der Waals surface area contributed by atoms with Crippen LogP contribution in [-0.2, 0) is 4.84 Å². The predicted molar refractivity (Wildman–Crippen MR) is 113 cm³/mol. The van der Waals surface area contributed by atoms with Gasteiger partial charge in [0.25, 0.3) is 0 Å². The van der Waals surface area contributed by atoms with Gasteiger partial charge in [-0.2, -0.15) is 0 Å². The average Bonchev–Trinajstić information content (AvgIpc) is 2.69. The van der Waals surface area contributed by atoms with Gasteiger partial charge in [-0.15, -0.1) is 0 Å². The van der Waals surface area contributed by atoms with Crippen LogP contribution in [-0.4, -0.2) is 33.1 Å². The molecule has 0 saturated carbocycles. The largest absolute Gasteiger partial charge is 0.493 e. The molecule has 0 saturated heterocycles. The van der Waals surface area contributed by atoms with Gasteiger partial charge in [-0.25, -0.2) is 0 Å². The van der Waals surface area contributed by atoms with Crippen molar-refractivity contribution in [3.63, 3.8) is 0 Å². The van der Waals surface area contributed by atoms with Crippen LogP contribution in [0.3, 0.4) is 0 Å². The lowest BCUT2D eigenvalue weighted by molar-refractivity contribution is 0.215. The first-order chi connectivity index (χ1) is 13.6. The van der Waals surface area contributed by atoms with Gasteiger partial charge >= 0.3 is 0 Å². The molecule has 0 aliphatic rings. The molecule has 0 aliphatic carbocycles. The topological polar surface area (TPSA) is 49.3 Å². The fraction of sp³-hybridized carbons (Fsp3) is 0.348. The molecule has 0 amide bonds. The fourth-order valence-electron chi connectivity index (χ4n) is 2.65. The maximum absolute atomic E-state index is 5.97. The molecule has 0 unspecified atom stereocenters. The molecular weight excluding hydrogens is 354 g/mol. The van der Waals surface area contributed by atoms with Gasteiger partial charge in [-0.3, -0.25) is 0 Å². The summed E-state index contributed by atoms with van der Waals surface area (Å²) >= 11 is 0. The van der Waals surface area contributed by atoms with E-state index in [4.69, 9.17) is 14.2 Å². The minimum Gasteiger partial charge on any atom is -0.493 e. The van der Waals surface area contributed by atoms with Crippen LogP contribution in [0.4, 0.5) is 0 Å². The minimum absolute atomic E-state index is 0.576. The highest BCUT2D eigenvalue weighted by molar-refractivity contribution is 5.79. The average molecular weight is 383 g/mol. The molecule has 2 rings (SSSR count). The molecule has 0 spiro atoms. The first-order valence-corrected chi connectivity index (χ1v) is 9.41. The number of hydrogen-bond acceptors (Lipinski definition) is 5. The zero-order valence-electron chi connectivity index (χ0n) is 17.1. The van der Waals surface area contributed by atoms with Gasteiger partial charge in [0.05, 0.1) is 19.4 Å². The van der Waals surface area contributed by atoms with Crippen molar-refractivity contribution in [2.75, 3.05) is 26.9 Å². The number of benzene rings is 2. The van der Waals surface area contributed by atoms with Crippen molar-refractivity contribution >= 4 is 6.21 Å². The Balaban J connectivity index is 1.76. The quantitative estimate of drug-likeness (QED) is 0.235. The third-order valence-electron chi connectivity index (χ3n) is 4.01. The number of ether oxygens (including phenoxy) is 3. The van der Waals surface area contributed by atoms with E-state index in [2.05, 4.69) is 9.99 Å². The molecule has 0 atom stereocenters. The number of rotatable bonds is 11. The zero-order chi connectivity index (χ0) is 20.2. The third-order valence-corrected chi connectivity index (χ3v) is 4.01. The molecule has 5 heteroatoms. The lowest BCUT2D eigenvalue weighted by atomic mass is 10.1. The Morgan fingerprint density at radius 1 is 0.893 bits per heavy atom. The van der Waals surface area contributed by atoms with Crippen LogP contribution in [0.15, 0.2) is 53.7 Å². The number of nitrogens with zero attached hydrogens (tertiary/aromatic N) is 1. The summed E-state index contributed by atoms with van der Waals surface area (Å²) in [5.41, 5.74) is 3.11. The molecule has 0 aliphatic heterocycles. The van der Waals surface area contributed by atoms with Crippen LogP contribution in [0, 0.1) is 13.8 Å². The van der Waals surface area contributed by atoms with E-state index in [1.165, 1.54) is 7.11 Å². The monoisotopic (exact) mass is 383 g/mol. The minimum atomic E-state index is 0.576. The van der Waals surface area contributed by atoms with E-state index in [9.17, 15) is 0 Å². The van der Waals surface area contributed by atoms with E-state index < -0.39 is 0 Å². The Kier molecular flexibility index (Phi) is 8.92. The Bertz CT molecular complexity index is 759. The second kappa shape index (κ2) is 11.7. The third kappa shape index (κ3) is 6.99. The van der Waals surface area contributed by atoms with Gasteiger partial charge in [0.2, 0.25) is 0 Å². The van der Waals surface area contributed by atoms with E-state index in [-0.39, 0.29) is 0 Å². The summed E-state index contributed by atoms with van der Waals surface area (Å²) in [6.45, 7) is 7.82. The molecule has 0 fully saturated rings. The Morgan fingerprint density at radius 3 is 2.21 bits per heavy atom. The smallest absolute Gasteiger partial charge is 0.125 e. The SMILES string of the molecule is C/C=C/COc1cc(C)c(OCCCOc2ccc(/C=N/OC)cc2)c(C)c1. The second-order valence-corrected chi connectivity index (χ2v) is 6.30. The summed E-state index contributed by atoms with van der Waals surface area (Å²) in [5.74, 6) is 2.60. The maximum atomic E-state index is 5.97. The van der Waals surface area contributed by atoms with Crippen LogP contribution < -0.4 is 14.2 Å². The Morgan fingerprint density at radius 2 is 1.57 bits per heavy atom. The van der Waals surface area contributed by atoms with Crippen molar-refractivity contribution < 1.29 is 19.0 Å². The van der Waals surface area contributed by atoms with Gasteiger partial charge in [0.1, 0.15) is 31.0 Å². The van der Waals surface area contributed by atoms with E-state index in [0.717, 1.165) is 40.4 Å². The van der Waals surface area contributed by atoms with Crippen molar-refractivity contribution in [2.45, 2.75) is 27.2 Å². The predicted octanol–water partition coefficient (Wildman–Crippen LogP) is 5.09. The summed E-state index contributed by atoms with van der Waals surface area (Å²) in [6, 6.07) is 11.7. The number of hydrogen-bond donors (Lipinski definition) is 0. The van der Waals surface area contributed by atoms with Crippen molar-refractivity contribution in [1.29, 1.82) is 0 Å². The van der Waals surface area contributed by atoms with Crippen LogP contribution >= 0.6 is 0 Å². The Labute approximate surface area is 167 Å². The van der Waals surface area contributed by atoms with E-state index in [1.807, 2.05) is 69.3 Å². The first-order valence-electron chi connectivity index (χ1n) is 9.41. The number of allylic oxidation sites excluding steroid dienone is 1. The normalized spacial score (nSPS) is 11.1. The van der Waals surface area contributed by atoms with Gasteiger partial charge in [-0.05, 0) is 73.9 Å². The summed E-state index contributed by atoms with van der Waals surface area (Å²) in [5, 5.41) is 3.73. The van der Waals surface area contributed by atoms with E-state index in [0.29, 0.717) is 19.8 Å². The zero-order valence-corrected chi connectivity index (χ0v) is 17.1. The van der Waals surface area contributed by atoms with Crippen LogP contribution in [0.5, 0.6) is 17.2 Å². The lowest BCUT2D eigenvalue weighted by Crippen LogP contribution is -2.07. The van der Waals surface area contributed by atoms with Gasteiger partial charge in [-0.1, -0.05) is 17.3 Å². The molecule has 0 heterocycles. The van der Waals surface area contributed by atoms with Crippen molar-refractivity contribution in [2.24, 2.45) is 5.16 Å².